The molecule has 9 nitrogen and oxygen atoms in total. The summed E-state index contributed by atoms with van der Waals surface area (Å²) in [5.74, 6) is -0.808. The van der Waals surface area contributed by atoms with E-state index < -0.39 is 26.5 Å². The topological polar surface area (TPSA) is 134 Å². The first kappa shape index (κ1) is 90.2. The van der Waals surface area contributed by atoms with Crippen molar-refractivity contribution in [3.8, 4) is 0 Å². The second-order valence-electron chi connectivity index (χ2n) is 26.9. The molecule has 93 heavy (non-hydrogen) atoms. The van der Waals surface area contributed by atoms with Crippen molar-refractivity contribution in [1.82, 2.24) is 0 Å². The minimum Gasteiger partial charge on any atom is -0.462 e. The molecule has 0 aliphatic carbocycles. The predicted molar refractivity (Wildman–Crippen MR) is 404 cm³/mol. The number of ether oxygens (including phenoxy) is 2. The predicted octanol–water partition coefficient (Wildman–Crippen LogP) is 26.9. The van der Waals surface area contributed by atoms with Crippen LogP contribution in [0.1, 0.15) is 399 Å². The van der Waals surface area contributed by atoms with Crippen LogP contribution in [0.4, 0.5) is 0 Å². The number of allylic oxidation sites excluding steroid dienone is 14. The van der Waals surface area contributed by atoms with Crippen LogP contribution in [-0.4, -0.2) is 49.3 Å². The van der Waals surface area contributed by atoms with E-state index in [0.717, 1.165) is 77.0 Å². The van der Waals surface area contributed by atoms with Gasteiger partial charge in [-0.15, -0.1) is 0 Å². The molecule has 0 saturated carbocycles. The van der Waals surface area contributed by atoms with E-state index in [9.17, 15) is 19.0 Å². The molecule has 0 aromatic heterocycles. The van der Waals surface area contributed by atoms with E-state index in [1.165, 1.54) is 289 Å². The molecule has 0 saturated heterocycles. The van der Waals surface area contributed by atoms with Crippen molar-refractivity contribution < 1.29 is 37.6 Å². The molecular formula is C83H152NO8P. The van der Waals surface area contributed by atoms with Crippen LogP contribution in [-0.2, 0) is 32.7 Å². The number of carbonyl (C=O) groups excluding carboxylic acids is 2. The Labute approximate surface area is 576 Å². The molecule has 0 aliphatic rings. The van der Waals surface area contributed by atoms with Gasteiger partial charge in [0.15, 0.2) is 6.10 Å². The summed E-state index contributed by atoms with van der Waals surface area (Å²) in [5, 5.41) is 0. The lowest BCUT2D eigenvalue weighted by Gasteiger charge is -2.19. The van der Waals surface area contributed by atoms with Crippen LogP contribution in [0.2, 0.25) is 0 Å². The van der Waals surface area contributed by atoms with E-state index in [4.69, 9.17) is 24.3 Å². The van der Waals surface area contributed by atoms with Gasteiger partial charge in [-0.1, -0.05) is 381 Å². The number of esters is 2. The summed E-state index contributed by atoms with van der Waals surface area (Å²) < 4.78 is 33.3. The van der Waals surface area contributed by atoms with Crippen molar-refractivity contribution in [2.45, 2.75) is 405 Å². The highest BCUT2D eigenvalue weighted by Gasteiger charge is 2.26. The molecule has 0 fully saturated rings. The Kier molecular flexibility index (Phi) is 75.8. The maximum absolute atomic E-state index is 12.8. The van der Waals surface area contributed by atoms with E-state index in [2.05, 4.69) is 98.9 Å². The zero-order valence-electron chi connectivity index (χ0n) is 61.2. The van der Waals surface area contributed by atoms with E-state index in [1.807, 2.05) is 0 Å². The average Bonchev–Trinajstić information content (AvgIpc) is 3.04. The molecule has 0 aromatic rings. The van der Waals surface area contributed by atoms with Crippen LogP contribution >= 0.6 is 7.82 Å². The van der Waals surface area contributed by atoms with Gasteiger partial charge in [0.1, 0.15) is 6.61 Å². The molecule has 0 aromatic carbocycles. The quantitative estimate of drug-likeness (QED) is 0.0264. The lowest BCUT2D eigenvalue weighted by molar-refractivity contribution is -0.161. The lowest BCUT2D eigenvalue weighted by atomic mass is 10.0. The second-order valence-corrected chi connectivity index (χ2v) is 28.4. The van der Waals surface area contributed by atoms with Crippen LogP contribution in [0.15, 0.2) is 85.1 Å². The van der Waals surface area contributed by atoms with Crippen molar-refractivity contribution in [1.29, 1.82) is 0 Å². The SMILES string of the molecule is CC/C=C\C/C=C\C/C=C\C/C=C\C/C=C\C/C=C\CCCCCCCCCCCCCCCCCCCCC(=O)OC(COC(=O)CCCCCCCCCCCCCCCCCCCCCCCCC/C=C\CCCCCCCCCC)COP(=O)(O)OCCN. The molecule has 0 radical (unpaired) electrons. The van der Waals surface area contributed by atoms with Gasteiger partial charge in [-0.05, 0) is 89.9 Å². The van der Waals surface area contributed by atoms with E-state index >= 15 is 0 Å². The summed E-state index contributed by atoms with van der Waals surface area (Å²) >= 11 is 0. The highest BCUT2D eigenvalue weighted by atomic mass is 31.2. The number of unbranched alkanes of at least 4 members (excludes halogenated alkanes) is 49. The van der Waals surface area contributed by atoms with Gasteiger partial charge in [0.25, 0.3) is 0 Å². The van der Waals surface area contributed by atoms with E-state index in [-0.39, 0.29) is 38.6 Å². The third-order valence-corrected chi connectivity index (χ3v) is 18.7. The van der Waals surface area contributed by atoms with Crippen LogP contribution < -0.4 is 5.73 Å². The van der Waals surface area contributed by atoms with Crippen molar-refractivity contribution in [2.24, 2.45) is 5.73 Å². The van der Waals surface area contributed by atoms with Gasteiger partial charge >= 0.3 is 19.8 Å². The van der Waals surface area contributed by atoms with Gasteiger partial charge in [0, 0.05) is 19.4 Å². The van der Waals surface area contributed by atoms with Crippen LogP contribution in [0.25, 0.3) is 0 Å². The Morgan fingerprint density at radius 3 is 0.892 bits per heavy atom. The van der Waals surface area contributed by atoms with Gasteiger partial charge in [0.05, 0.1) is 13.2 Å². The summed E-state index contributed by atoms with van der Waals surface area (Å²) in [7, 11) is -4.40. The molecule has 0 rings (SSSR count). The normalized spacial score (nSPS) is 13.3. The first-order valence-electron chi connectivity index (χ1n) is 40.1. The Balaban J connectivity index is 3.78. The van der Waals surface area contributed by atoms with Gasteiger partial charge in [-0.3, -0.25) is 18.6 Å². The second kappa shape index (κ2) is 78.2. The molecule has 0 aliphatic heterocycles. The Bertz CT molecular complexity index is 1810. The average molecular weight is 1320 g/mol. The third-order valence-electron chi connectivity index (χ3n) is 17.8. The standard InChI is InChI=1S/C83H152NO8P/c1-3-5-7-9-11-13-15-17-19-21-23-25-27-29-31-33-35-37-39-40-42-44-46-48-50-52-54-56-58-60-62-64-66-68-70-72-74-76-83(86)92-81(80-91-93(87,88)90-78-77-84)79-89-82(85)75-73-71-69-67-65-63-61-59-57-55-53-51-49-47-45-43-41-38-36-34-32-30-28-26-24-22-20-18-16-14-12-10-8-6-4-2/h5,7,11,13,17,19,22-25,29,31,35,37,81H,3-4,6,8-10,12,14-16,18,20-21,26-28,30,32-34,36,38-80,84H2,1-2H3,(H,87,88)/b7-5-,13-11-,19-17-,24-22-,25-23-,31-29-,37-35-. The summed E-state index contributed by atoms with van der Waals surface area (Å²) in [6.07, 6.45) is 106. The monoisotopic (exact) mass is 1320 g/mol. The van der Waals surface area contributed by atoms with Gasteiger partial charge in [-0.25, -0.2) is 4.57 Å². The number of phosphoric ester groups is 1. The number of phosphoric acid groups is 1. The molecule has 0 spiro atoms. The lowest BCUT2D eigenvalue weighted by Crippen LogP contribution is -2.29. The molecule has 0 bridgehead atoms. The first-order chi connectivity index (χ1) is 45.8. The number of nitrogens with two attached hydrogens (primary N) is 1. The molecular weight excluding hydrogens is 1170 g/mol. The van der Waals surface area contributed by atoms with Crippen molar-refractivity contribution in [3.63, 3.8) is 0 Å². The fourth-order valence-electron chi connectivity index (χ4n) is 11.9. The fraction of sp³-hybridized carbons (Fsp3) is 0.807. The summed E-state index contributed by atoms with van der Waals surface area (Å²) in [4.78, 5) is 35.5. The van der Waals surface area contributed by atoms with Crippen LogP contribution in [0, 0.1) is 0 Å². The Hall–Kier alpha value is -2.81. The van der Waals surface area contributed by atoms with Crippen LogP contribution in [0.3, 0.4) is 0 Å². The molecule has 10 heteroatoms. The van der Waals surface area contributed by atoms with Gasteiger partial charge in [0.2, 0.25) is 0 Å². The number of hydrogen-bond acceptors (Lipinski definition) is 8. The summed E-state index contributed by atoms with van der Waals surface area (Å²) in [6, 6.07) is 0. The highest BCUT2D eigenvalue weighted by molar-refractivity contribution is 7.47. The minimum atomic E-state index is -4.40. The van der Waals surface area contributed by atoms with Crippen LogP contribution in [0.5, 0.6) is 0 Å². The third kappa shape index (κ3) is 78.1. The van der Waals surface area contributed by atoms with Crippen molar-refractivity contribution >= 4 is 19.8 Å². The molecule has 2 unspecified atom stereocenters. The fourth-order valence-corrected chi connectivity index (χ4v) is 12.6. The van der Waals surface area contributed by atoms with E-state index in [0.29, 0.717) is 6.42 Å². The zero-order chi connectivity index (χ0) is 67.2. The summed E-state index contributed by atoms with van der Waals surface area (Å²) in [5.41, 5.74) is 5.42. The largest absolute Gasteiger partial charge is 0.472 e. The molecule has 542 valence electrons. The van der Waals surface area contributed by atoms with Crippen molar-refractivity contribution in [3.05, 3.63) is 85.1 Å². The molecule has 3 N–H and O–H groups in total. The maximum atomic E-state index is 12.8. The molecule has 0 amide bonds. The molecule has 2 atom stereocenters. The maximum Gasteiger partial charge on any atom is 0.472 e. The Morgan fingerprint density at radius 1 is 0.333 bits per heavy atom. The van der Waals surface area contributed by atoms with Gasteiger partial charge in [-0.2, -0.15) is 0 Å². The Morgan fingerprint density at radius 2 is 0.591 bits per heavy atom. The smallest absolute Gasteiger partial charge is 0.462 e. The number of hydrogen-bond donors (Lipinski definition) is 2. The summed E-state index contributed by atoms with van der Waals surface area (Å²) in [6.45, 7) is 3.69. The molecule has 0 heterocycles. The van der Waals surface area contributed by atoms with E-state index in [1.54, 1.807) is 0 Å². The number of carbonyl (C=O) groups is 2. The number of rotatable bonds is 76. The van der Waals surface area contributed by atoms with Crippen molar-refractivity contribution in [2.75, 3.05) is 26.4 Å². The minimum absolute atomic E-state index is 0.0539. The van der Waals surface area contributed by atoms with Gasteiger partial charge < -0.3 is 20.1 Å². The highest BCUT2D eigenvalue weighted by Crippen LogP contribution is 2.43. The first-order valence-corrected chi connectivity index (χ1v) is 41.6. The zero-order valence-corrected chi connectivity index (χ0v) is 62.1.